The molecular weight excluding hydrogens is 588 g/mol. The van der Waals surface area contributed by atoms with E-state index in [1.165, 1.54) is 45.4 Å². The molecule has 5 rings (SSSR count). The Balaban J connectivity index is 1.29. The van der Waals surface area contributed by atoms with Gasteiger partial charge in [-0.15, -0.1) is 0 Å². The Morgan fingerprint density at radius 1 is 0.795 bits per heavy atom. The summed E-state index contributed by atoms with van der Waals surface area (Å²) in [5, 5.41) is 71.8. The molecule has 0 radical (unpaired) electrons. The lowest BCUT2D eigenvalue weighted by Crippen LogP contribution is -2.61. The highest BCUT2D eigenvalue weighted by Crippen LogP contribution is 2.42. The maximum atomic E-state index is 12.8. The van der Waals surface area contributed by atoms with Crippen LogP contribution >= 0.6 is 0 Å². The molecule has 2 aliphatic rings. The van der Waals surface area contributed by atoms with Crippen molar-refractivity contribution >= 4 is 11.0 Å². The molecule has 0 saturated carbocycles. The number of aliphatic hydroxyl groups is 6. The van der Waals surface area contributed by atoms with Gasteiger partial charge in [-0.25, -0.2) is 0 Å². The molecule has 0 unspecified atom stereocenters. The number of hydrogen-bond acceptors (Lipinski definition) is 15. The van der Waals surface area contributed by atoms with E-state index < -0.39 is 79.2 Å². The highest BCUT2D eigenvalue weighted by Gasteiger charge is 2.47. The van der Waals surface area contributed by atoms with Crippen molar-refractivity contribution in [1.29, 1.82) is 0 Å². The zero-order valence-electron chi connectivity index (χ0n) is 23.8. The molecule has 240 valence electrons. The van der Waals surface area contributed by atoms with E-state index in [0.717, 1.165) is 0 Å². The molecular formula is C29H34O15. The Hall–Kier alpha value is -3.51. The summed E-state index contributed by atoms with van der Waals surface area (Å²) in [6.07, 6.45) is -14.3. The highest BCUT2D eigenvalue weighted by atomic mass is 16.7. The molecule has 0 aliphatic carbocycles. The van der Waals surface area contributed by atoms with Crippen LogP contribution in [0.1, 0.15) is 6.92 Å². The number of fused-ring (bicyclic) bond motifs is 1. The van der Waals surface area contributed by atoms with Crippen LogP contribution in [0.3, 0.4) is 0 Å². The molecule has 15 nitrogen and oxygen atoms in total. The minimum absolute atomic E-state index is 0.00624. The standard InChI is InChI=1S/C29H34O15/c1-11-20(31)23(34)25(36)28(41-11)40-10-18-21(32)24(35)26(37)29(44-18)42-13-6-4-12(5-7-13)15-8-14(30)19-16(43-15)9-17(38-2)27(39-3)22(19)33/h4-9,11,18,20-21,23-26,28-29,31-37H,10H2,1-3H3/t11-,18-,20+,21-,23+,24+,25-,26-,28-,29-/m1/s1. The average Bonchev–Trinajstić information content (AvgIpc) is 3.01. The Kier molecular flexibility index (Phi) is 9.31. The normalized spacial score (nSPS) is 32.4. The van der Waals surface area contributed by atoms with Gasteiger partial charge in [-0.1, -0.05) is 0 Å². The molecule has 3 aromatic rings. The third-order valence-electron chi connectivity index (χ3n) is 7.63. The molecule has 0 spiro atoms. The zero-order valence-corrected chi connectivity index (χ0v) is 23.8. The lowest BCUT2D eigenvalue weighted by Gasteiger charge is -2.42. The van der Waals surface area contributed by atoms with Gasteiger partial charge >= 0.3 is 0 Å². The summed E-state index contributed by atoms with van der Waals surface area (Å²) in [4.78, 5) is 12.8. The smallest absolute Gasteiger partial charge is 0.229 e. The van der Waals surface area contributed by atoms with Crippen LogP contribution in [0.5, 0.6) is 23.0 Å². The Morgan fingerprint density at radius 3 is 2.11 bits per heavy atom. The first kappa shape index (κ1) is 31.9. The van der Waals surface area contributed by atoms with E-state index in [1.807, 2.05) is 0 Å². The first-order valence-electron chi connectivity index (χ1n) is 13.6. The summed E-state index contributed by atoms with van der Waals surface area (Å²) in [5.41, 5.74) is 0.00435. The molecule has 2 fully saturated rings. The second-order valence-corrected chi connectivity index (χ2v) is 10.5. The summed E-state index contributed by atoms with van der Waals surface area (Å²) in [5.74, 6) is 0.0984. The predicted molar refractivity (Wildman–Crippen MR) is 148 cm³/mol. The lowest BCUT2D eigenvalue weighted by molar-refractivity contribution is -0.318. The van der Waals surface area contributed by atoms with Gasteiger partial charge in [0.15, 0.2) is 23.2 Å². The topological polar surface area (TPSA) is 227 Å². The largest absolute Gasteiger partial charge is 0.504 e. The maximum Gasteiger partial charge on any atom is 0.229 e. The monoisotopic (exact) mass is 622 g/mol. The van der Waals surface area contributed by atoms with E-state index in [2.05, 4.69) is 0 Å². The van der Waals surface area contributed by atoms with Crippen LogP contribution in [-0.4, -0.2) is 118 Å². The molecule has 10 atom stereocenters. The molecule has 0 amide bonds. The molecule has 2 aromatic carbocycles. The lowest BCUT2D eigenvalue weighted by atomic mass is 9.98. The first-order chi connectivity index (χ1) is 20.9. The fourth-order valence-electron chi connectivity index (χ4n) is 5.08. The second kappa shape index (κ2) is 12.8. The quantitative estimate of drug-likeness (QED) is 0.163. The van der Waals surface area contributed by atoms with Gasteiger partial charge in [0.05, 0.1) is 26.9 Å². The van der Waals surface area contributed by atoms with Crippen LogP contribution in [0.15, 0.2) is 45.6 Å². The van der Waals surface area contributed by atoms with Crippen molar-refractivity contribution in [3.05, 3.63) is 46.6 Å². The van der Waals surface area contributed by atoms with Crippen molar-refractivity contribution in [3.63, 3.8) is 0 Å². The molecule has 15 heteroatoms. The summed E-state index contributed by atoms with van der Waals surface area (Å²) in [7, 11) is 2.70. The zero-order chi connectivity index (χ0) is 31.9. The molecule has 3 heterocycles. The second-order valence-electron chi connectivity index (χ2n) is 10.5. The number of aromatic hydroxyl groups is 1. The first-order valence-corrected chi connectivity index (χ1v) is 13.6. The molecule has 7 N–H and O–H groups in total. The van der Waals surface area contributed by atoms with E-state index in [0.29, 0.717) is 5.56 Å². The van der Waals surface area contributed by atoms with Crippen molar-refractivity contribution < 1.29 is 68.6 Å². The fraction of sp³-hybridized carbons (Fsp3) is 0.483. The van der Waals surface area contributed by atoms with Gasteiger partial charge in [0, 0.05) is 17.7 Å². The van der Waals surface area contributed by atoms with Gasteiger partial charge in [-0.3, -0.25) is 4.79 Å². The number of ether oxygens (including phenoxy) is 6. The van der Waals surface area contributed by atoms with Crippen LogP contribution < -0.4 is 19.6 Å². The van der Waals surface area contributed by atoms with E-state index in [9.17, 15) is 40.5 Å². The van der Waals surface area contributed by atoms with Gasteiger partial charge in [-0.05, 0) is 31.2 Å². The van der Waals surface area contributed by atoms with Gasteiger partial charge in [0.1, 0.15) is 65.2 Å². The summed E-state index contributed by atoms with van der Waals surface area (Å²) >= 11 is 0. The fourth-order valence-corrected chi connectivity index (χ4v) is 5.08. The average molecular weight is 623 g/mol. The Bertz CT molecular complexity index is 1510. The molecule has 2 aliphatic heterocycles. The summed E-state index contributed by atoms with van der Waals surface area (Å²) < 4.78 is 38.4. The third kappa shape index (κ3) is 5.93. The van der Waals surface area contributed by atoms with Crippen molar-refractivity contribution in [2.75, 3.05) is 20.8 Å². The van der Waals surface area contributed by atoms with E-state index in [4.69, 9.17) is 32.8 Å². The van der Waals surface area contributed by atoms with Gasteiger partial charge in [0.25, 0.3) is 0 Å². The summed E-state index contributed by atoms with van der Waals surface area (Å²) in [6.45, 7) is 1.04. The van der Waals surface area contributed by atoms with Crippen LogP contribution in [0.4, 0.5) is 0 Å². The number of rotatable bonds is 8. The SMILES string of the molecule is COc1cc2oc(-c3ccc(O[C@@H]4O[C@H](CO[C@@H]5O[C@H](C)[C@H](O)[C@H](O)[C@H]5O)[C@@H](O)[C@H](O)[C@H]4O)cc3)cc(=O)c2c(O)c1OC. The van der Waals surface area contributed by atoms with E-state index >= 15 is 0 Å². The maximum absolute atomic E-state index is 12.8. The number of phenolic OH excluding ortho intramolecular Hbond substituents is 1. The molecule has 2 saturated heterocycles. The van der Waals surface area contributed by atoms with Gasteiger partial charge in [0.2, 0.25) is 12.0 Å². The van der Waals surface area contributed by atoms with Crippen LogP contribution in [0, 0.1) is 0 Å². The van der Waals surface area contributed by atoms with Crippen LogP contribution in [0.2, 0.25) is 0 Å². The number of methoxy groups -OCH3 is 2. The summed E-state index contributed by atoms with van der Waals surface area (Å²) in [6, 6.07) is 8.72. The van der Waals surface area contributed by atoms with Crippen molar-refractivity contribution in [3.8, 4) is 34.3 Å². The van der Waals surface area contributed by atoms with Gasteiger partial charge < -0.3 is 68.6 Å². The van der Waals surface area contributed by atoms with Crippen LogP contribution in [-0.2, 0) is 14.2 Å². The van der Waals surface area contributed by atoms with Crippen molar-refractivity contribution in [1.82, 2.24) is 0 Å². The molecule has 44 heavy (non-hydrogen) atoms. The molecule has 1 aromatic heterocycles. The number of phenols is 1. The van der Waals surface area contributed by atoms with Crippen molar-refractivity contribution in [2.24, 2.45) is 0 Å². The minimum Gasteiger partial charge on any atom is -0.504 e. The van der Waals surface area contributed by atoms with Gasteiger partial charge in [-0.2, -0.15) is 0 Å². The van der Waals surface area contributed by atoms with E-state index in [1.54, 1.807) is 12.1 Å². The number of hydrogen-bond donors (Lipinski definition) is 7. The predicted octanol–water partition coefficient (Wildman–Crippen LogP) is -0.787. The number of aliphatic hydroxyl groups excluding tert-OH is 6. The number of benzene rings is 2. The van der Waals surface area contributed by atoms with Crippen molar-refractivity contribution in [2.45, 2.75) is 68.3 Å². The highest BCUT2D eigenvalue weighted by molar-refractivity contribution is 5.89. The van der Waals surface area contributed by atoms with Crippen LogP contribution in [0.25, 0.3) is 22.3 Å². The minimum atomic E-state index is -1.69. The third-order valence-corrected chi connectivity index (χ3v) is 7.63. The molecule has 0 bridgehead atoms. The Morgan fingerprint density at radius 2 is 1.45 bits per heavy atom. The van der Waals surface area contributed by atoms with E-state index in [-0.39, 0.29) is 34.0 Å². The Labute approximate surface area is 249 Å².